The summed E-state index contributed by atoms with van der Waals surface area (Å²) in [6.45, 7) is 6.49. The van der Waals surface area contributed by atoms with E-state index in [2.05, 4.69) is 6.92 Å². The number of anilines is 2. The van der Waals surface area contributed by atoms with Crippen LogP contribution >= 0.6 is 0 Å². The highest BCUT2D eigenvalue weighted by atomic mass is 15.4. The summed E-state index contributed by atoms with van der Waals surface area (Å²) in [6, 6.07) is 5.64. The van der Waals surface area contributed by atoms with Crippen molar-refractivity contribution >= 4 is 11.4 Å². The summed E-state index contributed by atoms with van der Waals surface area (Å²) in [5.41, 5.74) is 8.08. The molecule has 1 radical (unpaired) electrons. The summed E-state index contributed by atoms with van der Waals surface area (Å²) in [5, 5.41) is 1.60. The molecule has 65 valence electrons. The van der Waals surface area contributed by atoms with Gasteiger partial charge in [0.2, 0.25) is 0 Å². The Hall–Kier alpha value is -1.22. The number of hydrazine groups is 1. The van der Waals surface area contributed by atoms with Gasteiger partial charge in [0.15, 0.2) is 0 Å². The second-order valence-corrected chi connectivity index (χ2v) is 2.64. The standard InChI is InChI=1S/C9H14N3/c1-3-12(11)8-6-4-5-7(2)9(8)10/h4-6H,2-3,10-11H2,1H3. The Balaban J connectivity index is 3.07. The van der Waals surface area contributed by atoms with Gasteiger partial charge in [-0.05, 0) is 25.5 Å². The molecule has 0 saturated heterocycles. The Morgan fingerprint density at radius 3 is 2.75 bits per heavy atom. The second-order valence-electron chi connectivity index (χ2n) is 2.64. The average molecular weight is 164 g/mol. The molecule has 0 unspecified atom stereocenters. The predicted octanol–water partition coefficient (Wildman–Crippen LogP) is 1.15. The van der Waals surface area contributed by atoms with Crippen molar-refractivity contribution in [2.24, 2.45) is 5.84 Å². The van der Waals surface area contributed by atoms with Crippen LogP contribution in [0.1, 0.15) is 12.5 Å². The minimum Gasteiger partial charge on any atom is -0.397 e. The van der Waals surface area contributed by atoms with Crippen molar-refractivity contribution in [3.8, 4) is 0 Å². The number of nitrogens with two attached hydrogens (primary N) is 2. The third-order valence-electron chi connectivity index (χ3n) is 1.82. The van der Waals surface area contributed by atoms with Gasteiger partial charge in [0.05, 0.1) is 11.4 Å². The van der Waals surface area contributed by atoms with Gasteiger partial charge in [-0.25, -0.2) is 5.84 Å². The third-order valence-corrected chi connectivity index (χ3v) is 1.82. The van der Waals surface area contributed by atoms with Crippen molar-refractivity contribution in [1.29, 1.82) is 0 Å². The van der Waals surface area contributed by atoms with Crippen molar-refractivity contribution < 1.29 is 0 Å². The van der Waals surface area contributed by atoms with E-state index in [0.717, 1.165) is 17.8 Å². The van der Waals surface area contributed by atoms with E-state index in [4.69, 9.17) is 11.6 Å². The molecule has 0 aromatic heterocycles. The molecule has 0 aliphatic rings. The monoisotopic (exact) mass is 164 g/mol. The molecule has 1 rings (SSSR count). The third kappa shape index (κ3) is 1.51. The molecule has 3 nitrogen and oxygen atoms in total. The first kappa shape index (κ1) is 8.87. The van der Waals surface area contributed by atoms with Crippen LogP contribution in [0, 0.1) is 6.92 Å². The molecule has 0 amide bonds. The Kier molecular flexibility index (Phi) is 2.55. The highest BCUT2D eigenvalue weighted by Crippen LogP contribution is 2.23. The summed E-state index contributed by atoms with van der Waals surface area (Å²) in [7, 11) is 0. The van der Waals surface area contributed by atoms with Gasteiger partial charge in [0.1, 0.15) is 0 Å². The number of rotatable bonds is 2. The molecule has 3 heteroatoms. The minimum absolute atomic E-state index is 0.654. The van der Waals surface area contributed by atoms with Crippen LogP contribution in [0.3, 0.4) is 0 Å². The fourth-order valence-electron chi connectivity index (χ4n) is 1.02. The lowest BCUT2D eigenvalue weighted by molar-refractivity contribution is 0.893. The lowest BCUT2D eigenvalue weighted by atomic mass is 10.1. The first-order valence-electron chi connectivity index (χ1n) is 3.89. The van der Waals surface area contributed by atoms with Crippen LogP contribution in [-0.2, 0) is 0 Å². The van der Waals surface area contributed by atoms with Gasteiger partial charge in [-0.2, -0.15) is 0 Å². The number of hydrogen-bond donors (Lipinski definition) is 2. The fourth-order valence-corrected chi connectivity index (χ4v) is 1.02. The normalized spacial score (nSPS) is 9.92. The Morgan fingerprint density at radius 1 is 1.50 bits per heavy atom. The van der Waals surface area contributed by atoms with Crippen LogP contribution in [0.4, 0.5) is 11.4 Å². The van der Waals surface area contributed by atoms with E-state index < -0.39 is 0 Å². The van der Waals surface area contributed by atoms with Gasteiger partial charge in [0.25, 0.3) is 0 Å². The van der Waals surface area contributed by atoms with E-state index in [1.54, 1.807) is 5.01 Å². The molecule has 0 aliphatic heterocycles. The summed E-state index contributed by atoms with van der Waals surface area (Å²) in [5.74, 6) is 5.69. The topological polar surface area (TPSA) is 55.3 Å². The van der Waals surface area contributed by atoms with Crippen LogP contribution < -0.4 is 16.6 Å². The highest BCUT2D eigenvalue weighted by molar-refractivity contribution is 5.71. The molecule has 0 saturated carbocycles. The molecule has 0 fully saturated rings. The van der Waals surface area contributed by atoms with Crippen molar-refractivity contribution in [2.45, 2.75) is 6.92 Å². The second kappa shape index (κ2) is 3.45. The van der Waals surface area contributed by atoms with Crippen molar-refractivity contribution in [3.05, 3.63) is 30.7 Å². The van der Waals surface area contributed by atoms with E-state index in [-0.39, 0.29) is 0 Å². The lowest BCUT2D eigenvalue weighted by Gasteiger charge is -2.19. The molecule has 1 aromatic rings. The van der Waals surface area contributed by atoms with Crippen molar-refractivity contribution in [2.75, 3.05) is 17.3 Å². The molecule has 4 N–H and O–H groups in total. The van der Waals surface area contributed by atoms with Gasteiger partial charge < -0.3 is 10.7 Å². The first-order chi connectivity index (χ1) is 5.66. The van der Waals surface area contributed by atoms with Crippen LogP contribution in [-0.4, -0.2) is 6.54 Å². The molecule has 0 spiro atoms. The molecular formula is C9H14N3. The van der Waals surface area contributed by atoms with Gasteiger partial charge in [-0.3, -0.25) is 0 Å². The van der Waals surface area contributed by atoms with Crippen LogP contribution in [0.15, 0.2) is 18.2 Å². The first-order valence-corrected chi connectivity index (χ1v) is 3.89. The van der Waals surface area contributed by atoms with Crippen LogP contribution in [0.5, 0.6) is 0 Å². The maximum atomic E-state index is 5.77. The largest absolute Gasteiger partial charge is 0.397 e. The van der Waals surface area contributed by atoms with E-state index in [9.17, 15) is 0 Å². The molecule has 0 aliphatic carbocycles. The zero-order chi connectivity index (χ0) is 9.14. The molecule has 0 atom stereocenters. The highest BCUT2D eigenvalue weighted by Gasteiger charge is 2.04. The Bertz CT molecular complexity index is 270. The number of para-hydroxylation sites is 1. The van der Waals surface area contributed by atoms with E-state index >= 15 is 0 Å². The van der Waals surface area contributed by atoms with E-state index in [1.807, 2.05) is 25.1 Å². The van der Waals surface area contributed by atoms with Gasteiger partial charge >= 0.3 is 0 Å². The number of nitrogens with zero attached hydrogens (tertiary/aromatic N) is 1. The SMILES string of the molecule is [CH2]c1cccc(N(N)CC)c1N. The Labute approximate surface area is 72.9 Å². The van der Waals surface area contributed by atoms with Gasteiger partial charge in [0, 0.05) is 6.54 Å². The fraction of sp³-hybridized carbons (Fsp3) is 0.222. The van der Waals surface area contributed by atoms with E-state index in [1.165, 1.54) is 0 Å². The molecular weight excluding hydrogens is 150 g/mol. The maximum Gasteiger partial charge on any atom is 0.0749 e. The summed E-state index contributed by atoms with van der Waals surface area (Å²) >= 11 is 0. The minimum atomic E-state index is 0.654. The smallest absolute Gasteiger partial charge is 0.0749 e. The maximum absolute atomic E-state index is 5.77. The molecule has 1 aromatic carbocycles. The predicted molar refractivity (Wildman–Crippen MR) is 52.5 cm³/mol. The zero-order valence-corrected chi connectivity index (χ0v) is 7.25. The summed E-state index contributed by atoms with van der Waals surface area (Å²) < 4.78 is 0. The van der Waals surface area contributed by atoms with Crippen molar-refractivity contribution in [1.82, 2.24) is 0 Å². The van der Waals surface area contributed by atoms with Crippen LogP contribution in [0.25, 0.3) is 0 Å². The number of benzene rings is 1. The van der Waals surface area contributed by atoms with Gasteiger partial charge in [-0.1, -0.05) is 12.1 Å². The lowest BCUT2D eigenvalue weighted by Crippen LogP contribution is -2.31. The average Bonchev–Trinajstić information content (AvgIpc) is 2.08. The Morgan fingerprint density at radius 2 is 2.17 bits per heavy atom. The quantitative estimate of drug-likeness (QED) is 0.391. The molecule has 0 bridgehead atoms. The molecule has 12 heavy (non-hydrogen) atoms. The van der Waals surface area contributed by atoms with Crippen molar-refractivity contribution in [3.63, 3.8) is 0 Å². The van der Waals surface area contributed by atoms with Crippen LogP contribution in [0.2, 0.25) is 0 Å². The zero-order valence-electron chi connectivity index (χ0n) is 7.25. The van der Waals surface area contributed by atoms with Gasteiger partial charge in [-0.15, -0.1) is 0 Å². The van der Waals surface area contributed by atoms with E-state index in [0.29, 0.717) is 5.69 Å². The summed E-state index contributed by atoms with van der Waals surface area (Å²) in [4.78, 5) is 0. The number of hydrogen-bond acceptors (Lipinski definition) is 3. The molecule has 0 heterocycles. The summed E-state index contributed by atoms with van der Waals surface area (Å²) in [6.07, 6.45) is 0. The number of nitrogen functional groups attached to an aromatic ring is 1.